The van der Waals surface area contributed by atoms with E-state index in [1.165, 1.54) is 6.42 Å². The quantitative estimate of drug-likeness (QED) is 0.673. The monoisotopic (exact) mass is 196 g/mol. The zero-order chi connectivity index (χ0) is 10.2. The molecule has 0 amide bonds. The summed E-state index contributed by atoms with van der Waals surface area (Å²) in [7, 11) is 1.99. The average Bonchev–Trinajstić information content (AvgIpc) is 2.69. The number of hydrogen-bond acceptors (Lipinski definition) is 3. The van der Waals surface area contributed by atoms with Gasteiger partial charge in [-0.1, -0.05) is 6.92 Å². The zero-order valence-corrected chi connectivity index (χ0v) is 9.12. The van der Waals surface area contributed by atoms with Gasteiger partial charge in [-0.15, -0.1) is 0 Å². The lowest BCUT2D eigenvalue weighted by Crippen LogP contribution is -2.26. The van der Waals surface area contributed by atoms with E-state index >= 15 is 0 Å². The lowest BCUT2D eigenvalue weighted by Gasteiger charge is -2.18. The molecule has 0 spiro atoms. The molecule has 80 valence electrons. The smallest absolute Gasteiger partial charge is 0.117 e. The van der Waals surface area contributed by atoms with E-state index in [0.717, 1.165) is 31.9 Å². The minimum absolute atomic E-state index is 0.924. The number of nitrogens with zero attached hydrogens (tertiary/aromatic N) is 1. The third kappa shape index (κ3) is 3.94. The highest BCUT2D eigenvalue weighted by atomic mass is 16.3. The van der Waals surface area contributed by atoms with Crippen molar-refractivity contribution in [1.29, 1.82) is 0 Å². The first-order valence-corrected chi connectivity index (χ1v) is 5.26. The van der Waals surface area contributed by atoms with Gasteiger partial charge in [-0.25, -0.2) is 0 Å². The maximum absolute atomic E-state index is 5.31. The second-order valence-electron chi connectivity index (χ2n) is 3.41. The third-order valence-corrected chi connectivity index (χ3v) is 2.31. The SMILES string of the molecule is CCN(CCCNC)Cc1ccco1. The highest BCUT2D eigenvalue weighted by molar-refractivity contribution is 4.97. The molecule has 0 radical (unpaired) electrons. The van der Waals surface area contributed by atoms with Crippen molar-refractivity contribution in [1.82, 2.24) is 10.2 Å². The predicted molar refractivity (Wildman–Crippen MR) is 58.2 cm³/mol. The van der Waals surface area contributed by atoms with Gasteiger partial charge in [-0.3, -0.25) is 4.90 Å². The summed E-state index contributed by atoms with van der Waals surface area (Å²) in [6.45, 7) is 6.38. The molecule has 0 atom stereocenters. The van der Waals surface area contributed by atoms with Crippen molar-refractivity contribution in [3.05, 3.63) is 24.2 Å². The fraction of sp³-hybridized carbons (Fsp3) is 0.636. The minimum Gasteiger partial charge on any atom is -0.468 e. The lowest BCUT2D eigenvalue weighted by molar-refractivity contribution is 0.252. The summed E-state index contributed by atoms with van der Waals surface area (Å²) in [5.74, 6) is 1.05. The molecule has 1 aromatic rings. The first kappa shape index (κ1) is 11.3. The van der Waals surface area contributed by atoms with Gasteiger partial charge < -0.3 is 9.73 Å². The second kappa shape index (κ2) is 6.62. The Morgan fingerprint density at radius 1 is 1.50 bits per heavy atom. The van der Waals surface area contributed by atoms with E-state index in [4.69, 9.17) is 4.42 Å². The number of rotatable bonds is 7. The van der Waals surface area contributed by atoms with E-state index in [1.807, 2.05) is 19.2 Å². The Hall–Kier alpha value is -0.800. The van der Waals surface area contributed by atoms with Crippen molar-refractivity contribution in [2.24, 2.45) is 0 Å². The van der Waals surface area contributed by atoms with Gasteiger partial charge in [-0.2, -0.15) is 0 Å². The van der Waals surface area contributed by atoms with E-state index < -0.39 is 0 Å². The Balaban J connectivity index is 2.24. The van der Waals surface area contributed by atoms with Crippen molar-refractivity contribution in [3.63, 3.8) is 0 Å². The maximum atomic E-state index is 5.31. The van der Waals surface area contributed by atoms with Crippen molar-refractivity contribution in [2.45, 2.75) is 19.9 Å². The molecule has 0 saturated heterocycles. The van der Waals surface area contributed by atoms with Crippen LogP contribution in [0.25, 0.3) is 0 Å². The Morgan fingerprint density at radius 2 is 2.36 bits per heavy atom. The first-order valence-electron chi connectivity index (χ1n) is 5.26. The molecule has 1 heterocycles. The predicted octanol–water partition coefficient (Wildman–Crippen LogP) is 1.71. The fourth-order valence-electron chi connectivity index (χ4n) is 1.45. The van der Waals surface area contributed by atoms with Crippen LogP contribution < -0.4 is 5.32 Å². The highest BCUT2D eigenvalue weighted by Crippen LogP contribution is 2.05. The molecule has 0 aliphatic rings. The normalized spacial score (nSPS) is 11.1. The van der Waals surface area contributed by atoms with Crippen molar-refractivity contribution in [2.75, 3.05) is 26.7 Å². The molecule has 0 bridgehead atoms. The molecule has 0 aromatic carbocycles. The van der Waals surface area contributed by atoms with Gasteiger partial charge in [0.25, 0.3) is 0 Å². The number of hydrogen-bond donors (Lipinski definition) is 1. The Morgan fingerprint density at radius 3 is 2.93 bits per heavy atom. The molecular weight excluding hydrogens is 176 g/mol. The van der Waals surface area contributed by atoms with Crippen LogP contribution in [-0.4, -0.2) is 31.6 Å². The molecule has 0 aliphatic carbocycles. The summed E-state index contributed by atoms with van der Waals surface area (Å²) in [6, 6.07) is 3.97. The molecule has 0 fully saturated rings. The third-order valence-electron chi connectivity index (χ3n) is 2.31. The minimum atomic E-state index is 0.924. The first-order chi connectivity index (χ1) is 6.86. The van der Waals surface area contributed by atoms with Crippen LogP contribution in [0.5, 0.6) is 0 Å². The topological polar surface area (TPSA) is 28.4 Å². The summed E-state index contributed by atoms with van der Waals surface area (Å²) in [5.41, 5.74) is 0. The maximum Gasteiger partial charge on any atom is 0.117 e. The van der Waals surface area contributed by atoms with Crippen LogP contribution in [0, 0.1) is 0 Å². The number of furan rings is 1. The van der Waals surface area contributed by atoms with Gasteiger partial charge in [0, 0.05) is 0 Å². The summed E-state index contributed by atoms with van der Waals surface area (Å²) < 4.78 is 5.31. The molecule has 0 aliphatic heterocycles. The van der Waals surface area contributed by atoms with Gasteiger partial charge in [-0.05, 0) is 45.2 Å². The van der Waals surface area contributed by atoms with Crippen LogP contribution in [0.3, 0.4) is 0 Å². The molecule has 1 aromatic heterocycles. The van der Waals surface area contributed by atoms with Crippen LogP contribution in [0.4, 0.5) is 0 Å². The Bertz CT molecular complexity index is 221. The van der Waals surface area contributed by atoms with Crippen LogP contribution in [0.15, 0.2) is 22.8 Å². The van der Waals surface area contributed by atoms with Crippen molar-refractivity contribution >= 4 is 0 Å². The molecule has 14 heavy (non-hydrogen) atoms. The van der Waals surface area contributed by atoms with Gasteiger partial charge in [0.1, 0.15) is 5.76 Å². The highest BCUT2D eigenvalue weighted by Gasteiger charge is 2.04. The summed E-state index contributed by atoms with van der Waals surface area (Å²) >= 11 is 0. The van der Waals surface area contributed by atoms with E-state index in [1.54, 1.807) is 6.26 Å². The van der Waals surface area contributed by atoms with Gasteiger partial charge >= 0.3 is 0 Å². The zero-order valence-electron chi connectivity index (χ0n) is 9.12. The average molecular weight is 196 g/mol. The molecular formula is C11H20N2O. The van der Waals surface area contributed by atoms with Gasteiger partial charge in [0.15, 0.2) is 0 Å². The van der Waals surface area contributed by atoms with E-state index in [-0.39, 0.29) is 0 Å². The number of nitrogens with one attached hydrogen (secondary N) is 1. The van der Waals surface area contributed by atoms with E-state index in [0.29, 0.717) is 0 Å². The second-order valence-corrected chi connectivity index (χ2v) is 3.41. The lowest BCUT2D eigenvalue weighted by atomic mass is 10.3. The van der Waals surface area contributed by atoms with Crippen molar-refractivity contribution in [3.8, 4) is 0 Å². The van der Waals surface area contributed by atoms with Crippen molar-refractivity contribution < 1.29 is 4.42 Å². The van der Waals surface area contributed by atoms with Crippen LogP contribution >= 0.6 is 0 Å². The van der Waals surface area contributed by atoms with E-state index in [9.17, 15) is 0 Å². The van der Waals surface area contributed by atoms with E-state index in [2.05, 4.69) is 17.1 Å². The summed E-state index contributed by atoms with van der Waals surface area (Å²) in [4.78, 5) is 2.39. The molecule has 1 N–H and O–H groups in total. The van der Waals surface area contributed by atoms with Crippen LogP contribution in [-0.2, 0) is 6.54 Å². The molecule has 3 nitrogen and oxygen atoms in total. The Labute approximate surface area is 86.1 Å². The largest absolute Gasteiger partial charge is 0.468 e. The van der Waals surface area contributed by atoms with Gasteiger partial charge in [0.05, 0.1) is 12.8 Å². The standard InChI is InChI=1S/C11H20N2O/c1-3-13(8-5-7-12-2)10-11-6-4-9-14-11/h4,6,9,12H,3,5,7-8,10H2,1-2H3. The van der Waals surface area contributed by atoms with Gasteiger partial charge in [0.2, 0.25) is 0 Å². The molecule has 0 unspecified atom stereocenters. The molecule has 0 saturated carbocycles. The van der Waals surface area contributed by atoms with Crippen LogP contribution in [0.2, 0.25) is 0 Å². The Kier molecular flexibility index (Phi) is 5.33. The summed E-state index contributed by atoms with van der Waals surface area (Å²) in [5, 5.41) is 3.16. The fourth-order valence-corrected chi connectivity index (χ4v) is 1.45. The molecule has 1 rings (SSSR count). The molecule has 3 heteroatoms. The van der Waals surface area contributed by atoms with Crippen LogP contribution in [0.1, 0.15) is 19.1 Å². The summed E-state index contributed by atoms with van der Waals surface area (Å²) in [6.07, 6.45) is 2.92.